The number of amides is 1. The van der Waals surface area contributed by atoms with E-state index in [2.05, 4.69) is 10.0 Å². The fraction of sp³-hybridized carbons (Fsp3) is 0.136. The normalized spacial score (nSPS) is 12.1. The quantitative estimate of drug-likeness (QED) is 0.468. The topological polar surface area (TPSA) is 84.5 Å². The van der Waals surface area contributed by atoms with Crippen LogP contribution in [-0.4, -0.2) is 20.4 Å². The van der Waals surface area contributed by atoms with Gasteiger partial charge in [-0.15, -0.1) is 0 Å². The molecule has 0 aromatic heterocycles. The SMILES string of the molecule is Cc1ccc(Cl)cc1NS(=O)(=O)c1ccc(NC(=O)[C@@H](C)Oc2ccc(Cl)cc2)cc1. The van der Waals surface area contributed by atoms with E-state index < -0.39 is 16.1 Å². The van der Waals surface area contributed by atoms with Crippen molar-refractivity contribution in [3.8, 4) is 5.75 Å². The highest BCUT2D eigenvalue weighted by Gasteiger charge is 2.18. The molecular formula is C22H20Cl2N2O4S. The zero-order valence-corrected chi connectivity index (χ0v) is 19.1. The van der Waals surface area contributed by atoms with Crippen LogP contribution in [-0.2, 0) is 14.8 Å². The number of hydrogen-bond acceptors (Lipinski definition) is 4. The molecule has 0 saturated heterocycles. The lowest BCUT2D eigenvalue weighted by atomic mass is 10.2. The lowest BCUT2D eigenvalue weighted by Crippen LogP contribution is -2.30. The molecule has 1 atom stereocenters. The van der Waals surface area contributed by atoms with Crippen molar-refractivity contribution in [3.63, 3.8) is 0 Å². The number of hydrogen-bond donors (Lipinski definition) is 2. The van der Waals surface area contributed by atoms with Crippen molar-refractivity contribution in [3.05, 3.63) is 82.3 Å². The Morgan fingerprint density at radius 3 is 2.19 bits per heavy atom. The number of carbonyl (C=O) groups is 1. The molecule has 0 unspecified atom stereocenters. The van der Waals surface area contributed by atoms with Crippen LogP contribution in [0.15, 0.2) is 71.6 Å². The average Bonchev–Trinajstić information content (AvgIpc) is 2.72. The number of ether oxygens (including phenoxy) is 1. The molecule has 3 aromatic carbocycles. The Kier molecular flexibility index (Phi) is 7.10. The van der Waals surface area contributed by atoms with Gasteiger partial charge in [0.2, 0.25) is 0 Å². The second-order valence-electron chi connectivity index (χ2n) is 6.79. The van der Waals surface area contributed by atoms with Crippen LogP contribution in [0.1, 0.15) is 12.5 Å². The summed E-state index contributed by atoms with van der Waals surface area (Å²) in [4.78, 5) is 12.4. The zero-order chi connectivity index (χ0) is 22.6. The fourth-order valence-electron chi connectivity index (χ4n) is 2.64. The number of rotatable bonds is 7. The van der Waals surface area contributed by atoms with Crippen LogP contribution in [0.3, 0.4) is 0 Å². The highest BCUT2D eigenvalue weighted by Crippen LogP contribution is 2.24. The largest absolute Gasteiger partial charge is 0.481 e. The van der Waals surface area contributed by atoms with Gasteiger partial charge in [-0.2, -0.15) is 0 Å². The molecule has 31 heavy (non-hydrogen) atoms. The van der Waals surface area contributed by atoms with Gasteiger partial charge in [0.05, 0.1) is 10.6 Å². The highest BCUT2D eigenvalue weighted by atomic mass is 35.5. The van der Waals surface area contributed by atoms with E-state index >= 15 is 0 Å². The van der Waals surface area contributed by atoms with Crippen LogP contribution in [0.4, 0.5) is 11.4 Å². The van der Waals surface area contributed by atoms with Gasteiger partial charge in [0.25, 0.3) is 15.9 Å². The van der Waals surface area contributed by atoms with Gasteiger partial charge in [-0.05, 0) is 80.1 Å². The Balaban J connectivity index is 1.65. The molecule has 1 amide bonds. The fourth-order valence-corrected chi connectivity index (χ4v) is 4.06. The van der Waals surface area contributed by atoms with Crippen LogP contribution in [0.25, 0.3) is 0 Å². The smallest absolute Gasteiger partial charge is 0.265 e. The number of carbonyl (C=O) groups excluding carboxylic acids is 1. The Bertz CT molecular complexity index is 1180. The number of nitrogens with one attached hydrogen (secondary N) is 2. The molecular weight excluding hydrogens is 459 g/mol. The van der Waals surface area contributed by atoms with E-state index in [9.17, 15) is 13.2 Å². The first kappa shape index (κ1) is 22.9. The second-order valence-corrected chi connectivity index (χ2v) is 9.35. The van der Waals surface area contributed by atoms with Gasteiger partial charge >= 0.3 is 0 Å². The van der Waals surface area contributed by atoms with E-state index in [1.54, 1.807) is 56.3 Å². The van der Waals surface area contributed by atoms with Crippen molar-refractivity contribution in [2.24, 2.45) is 0 Å². The van der Waals surface area contributed by atoms with Crippen molar-refractivity contribution in [1.29, 1.82) is 0 Å². The molecule has 0 aliphatic rings. The van der Waals surface area contributed by atoms with Crippen molar-refractivity contribution < 1.29 is 17.9 Å². The Morgan fingerprint density at radius 1 is 0.935 bits per heavy atom. The monoisotopic (exact) mass is 478 g/mol. The van der Waals surface area contributed by atoms with E-state index in [1.165, 1.54) is 24.3 Å². The van der Waals surface area contributed by atoms with E-state index in [1.807, 2.05) is 0 Å². The standard InChI is InChI=1S/C22H20Cl2N2O4S/c1-14-3-4-17(24)13-21(14)26-31(28,29)20-11-7-18(8-12-20)25-22(27)15(2)30-19-9-5-16(23)6-10-19/h3-13,15,26H,1-2H3,(H,25,27)/t15-/m1/s1. The Labute approximate surface area is 191 Å². The van der Waals surface area contributed by atoms with Crippen molar-refractivity contribution in [2.75, 3.05) is 10.0 Å². The molecule has 0 spiro atoms. The summed E-state index contributed by atoms with van der Waals surface area (Å²) in [6, 6.07) is 17.4. The van der Waals surface area contributed by atoms with E-state index in [0.29, 0.717) is 27.2 Å². The van der Waals surface area contributed by atoms with Gasteiger partial charge < -0.3 is 10.1 Å². The number of aryl methyl sites for hydroxylation is 1. The van der Waals surface area contributed by atoms with Gasteiger partial charge in [-0.3, -0.25) is 9.52 Å². The summed E-state index contributed by atoms with van der Waals surface area (Å²) in [5.41, 5.74) is 1.58. The van der Waals surface area contributed by atoms with Gasteiger partial charge in [0, 0.05) is 15.7 Å². The Morgan fingerprint density at radius 2 is 1.55 bits per heavy atom. The van der Waals surface area contributed by atoms with Crippen LogP contribution in [0, 0.1) is 6.92 Å². The van der Waals surface area contributed by atoms with Gasteiger partial charge in [-0.25, -0.2) is 8.42 Å². The number of benzene rings is 3. The predicted molar refractivity (Wildman–Crippen MR) is 124 cm³/mol. The molecule has 162 valence electrons. The number of anilines is 2. The molecule has 0 fully saturated rings. The van der Waals surface area contributed by atoms with Crippen LogP contribution in [0.2, 0.25) is 10.0 Å². The number of halogens is 2. The summed E-state index contributed by atoms with van der Waals surface area (Å²) in [5, 5.41) is 3.69. The molecule has 0 aliphatic heterocycles. The maximum atomic E-state index is 12.7. The minimum atomic E-state index is -3.82. The summed E-state index contributed by atoms with van der Waals surface area (Å²) < 4.78 is 33.4. The van der Waals surface area contributed by atoms with Gasteiger partial charge in [0.1, 0.15) is 5.75 Å². The lowest BCUT2D eigenvalue weighted by Gasteiger charge is -2.15. The maximum absolute atomic E-state index is 12.7. The summed E-state index contributed by atoms with van der Waals surface area (Å²) in [6.07, 6.45) is -0.767. The molecule has 0 heterocycles. The summed E-state index contributed by atoms with van der Waals surface area (Å²) in [7, 11) is -3.82. The van der Waals surface area contributed by atoms with Crippen LogP contribution < -0.4 is 14.8 Å². The van der Waals surface area contributed by atoms with Gasteiger partial charge in [0.15, 0.2) is 6.10 Å². The van der Waals surface area contributed by atoms with Crippen LogP contribution in [0.5, 0.6) is 5.75 Å². The summed E-state index contributed by atoms with van der Waals surface area (Å²) in [5.74, 6) is 0.133. The maximum Gasteiger partial charge on any atom is 0.265 e. The molecule has 0 aliphatic carbocycles. The third-order valence-electron chi connectivity index (χ3n) is 4.37. The van der Waals surface area contributed by atoms with Crippen molar-refractivity contribution in [1.82, 2.24) is 0 Å². The first-order valence-electron chi connectivity index (χ1n) is 9.26. The summed E-state index contributed by atoms with van der Waals surface area (Å²) >= 11 is 11.8. The molecule has 0 bridgehead atoms. The molecule has 0 radical (unpaired) electrons. The predicted octanol–water partition coefficient (Wildman–Crippen LogP) is 5.51. The Hall–Kier alpha value is -2.74. The van der Waals surface area contributed by atoms with Crippen molar-refractivity contribution >= 4 is 50.5 Å². The average molecular weight is 479 g/mol. The van der Waals surface area contributed by atoms with Gasteiger partial charge in [-0.1, -0.05) is 29.3 Å². The molecule has 6 nitrogen and oxygen atoms in total. The van der Waals surface area contributed by atoms with Crippen LogP contribution >= 0.6 is 23.2 Å². The third kappa shape index (κ3) is 6.13. The first-order valence-corrected chi connectivity index (χ1v) is 11.5. The van der Waals surface area contributed by atoms with E-state index in [0.717, 1.165) is 5.56 Å². The van der Waals surface area contributed by atoms with E-state index in [-0.39, 0.29) is 10.8 Å². The molecule has 2 N–H and O–H groups in total. The van der Waals surface area contributed by atoms with Crippen molar-refractivity contribution in [2.45, 2.75) is 24.8 Å². The van der Waals surface area contributed by atoms with E-state index in [4.69, 9.17) is 27.9 Å². The minimum absolute atomic E-state index is 0.0512. The lowest BCUT2D eigenvalue weighted by molar-refractivity contribution is -0.122. The molecule has 3 aromatic rings. The first-order chi connectivity index (χ1) is 14.6. The zero-order valence-electron chi connectivity index (χ0n) is 16.7. The summed E-state index contributed by atoms with van der Waals surface area (Å²) in [6.45, 7) is 3.39. The molecule has 3 rings (SSSR count). The number of sulfonamides is 1. The highest BCUT2D eigenvalue weighted by molar-refractivity contribution is 7.92. The molecule has 0 saturated carbocycles. The molecule has 9 heteroatoms. The minimum Gasteiger partial charge on any atom is -0.481 e. The second kappa shape index (κ2) is 9.60. The third-order valence-corrected chi connectivity index (χ3v) is 6.24.